The smallest absolute Gasteiger partial charge is 0.228 e. The molecule has 0 fully saturated rings. The first-order valence-electron chi connectivity index (χ1n) is 2.94. The summed E-state index contributed by atoms with van der Waals surface area (Å²) in [6, 6.07) is 0. The Balaban J connectivity index is 4.42. The molecule has 0 heterocycles. The van der Waals surface area contributed by atoms with Crippen LogP contribution in [-0.2, 0) is 19.6 Å². The fraction of sp³-hybridized carbons (Fsp3) is 0.833. The molecule has 0 rings (SSSR count). The average molecular weight is 162 g/mol. The van der Waals surface area contributed by atoms with E-state index >= 15 is 0 Å². The van der Waals surface area contributed by atoms with Gasteiger partial charge in [0.25, 0.3) is 0 Å². The van der Waals surface area contributed by atoms with Crippen LogP contribution < -0.4 is 0 Å². The van der Waals surface area contributed by atoms with Crippen LogP contribution in [0.4, 0.5) is 0 Å². The number of carbonyl (C=O) groups excluding carboxylic acids is 1. The summed E-state index contributed by atoms with van der Waals surface area (Å²) in [5, 5.41) is 0. The Hall–Kier alpha value is -0.380. The van der Waals surface area contributed by atoms with Crippen LogP contribution in [0.1, 0.15) is 20.8 Å². The Kier molecular flexibility index (Phi) is 3.02. The number of nitrogens with zero attached hydrogens (tertiary/aromatic N) is 1. The molecule has 3 nitrogen and oxygen atoms in total. The van der Waals surface area contributed by atoms with E-state index in [4.69, 9.17) is 0 Å². The van der Waals surface area contributed by atoms with Gasteiger partial charge in [-0.2, -0.15) is 10.6 Å². The molecule has 0 unspecified atom stereocenters. The van der Waals surface area contributed by atoms with Gasteiger partial charge >= 0.3 is 0 Å². The molecule has 4 heteroatoms. The molecule has 0 aliphatic rings. The molecule has 0 aliphatic carbocycles. The SMILES string of the molecule is C[S-](=O)=NC(=O)C(C)(C)C. The molecule has 1 amide bonds. The zero-order chi connectivity index (χ0) is 8.36. The summed E-state index contributed by atoms with van der Waals surface area (Å²) in [5.74, 6) is -0.312. The molecule has 0 aromatic carbocycles. The van der Waals surface area contributed by atoms with Crippen molar-refractivity contribution in [2.24, 2.45) is 9.78 Å². The maximum Gasteiger partial charge on any atom is 0.228 e. The van der Waals surface area contributed by atoms with Crippen molar-refractivity contribution in [3.63, 3.8) is 0 Å². The Morgan fingerprint density at radius 1 is 1.40 bits per heavy atom. The van der Waals surface area contributed by atoms with Gasteiger partial charge in [-0.05, 0) is 0 Å². The summed E-state index contributed by atoms with van der Waals surface area (Å²) in [5.41, 5.74) is -0.508. The second-order valence-electron chi connectivity index (χ2n) is 3.07. The third-order valence-electron chi connectivity index (χ3n) is 0.853. The van der Waals surface area contributed by atoms with Gasteiger partial charge in [-0.1, -0.05) is 20.8 Å². The summed E-state index contributed by atoms with van der Waals surface area (Å²) < 4.78 is 13.8. The van der Waals surface area contributed by atoms with Crippen molar-refractivity contribution in [2.45, 2.75) is 20.8 Å². The molecule has 0 bridgehead atoms. The van der Waals surface area contributed by atoms with E-state index in [9.17, 15) is 9.00 Å². The van der Waals surface area contributed by atoms with Crippen molar-refractivity contribution in [3.8, 4) is 0 Å². The Morgan fingerprint density at radius 2 is 1.80 bits per heavy atom. The molecule has 0 saturated carbocycles. The molecule has 0 radical (unpaired) electrons. The molecule has 0 atom stereocenters. The van der Waals surface area contributed by atoms with Crippen LogP contribution in [0.3, 0.4) is 0 Å². The first kappa shape index (κ1) is 9.62. The van der Waals surface area contributed by atoms with Gasteiger partial charge in [0.1, 0.15) is 0 Å². The standard InChI is InChI=1S/C6H12NO2S/c1-6(2,3)5(8)7-10(4)9/h1-4H3/q-1. The third-order valence-corrected chi connectivity index (χ3v) is 1.28. The second kappa shape index (κ2) is 3.14. The molecule has 0 aliphatic heterocycles. The Morgan fingerprint density at radius 3 is 1.90 bits per heavy atom. The average Bonchev–Trinajstić information content (AvgIpc) is 1.60. The van der Waals surface area contributed by atoms with Crippen LogP contribution in [0.2, 0.25) is 0 Å². The van der Waals surface area contributed by atoms with Gasteiger partial charge < -0.3 is 8.57 Å². The second-order valence-corrected chi connectivity index (χ2v) is 4.10. The van der Waals surface area contributed by atoms with E-state index in [0.717, 1.165) is 0 Å². The van der Waals surface area contributed by atoms with E-state index in [1.807, 2.05) is 0 Å². The molecule has 10 heavy (non-hydrogen) atoms. The predicted octanol–water partition coefficient (Wildman–Crippen LogP) is 1.34. The predicted molar refractivity (Wildman–Crippen MR) is 40.9 cm³/mol. The van der Waals surface area contributed by atoms with Crippen molar-refractivity contribution in [1.29, 1.82) is 0 Å². The highest BCUT2D eigenvalue weighted by atomic mass is 32.2. The topological polar surface area (TPSA) is 46.5 Å². The summed E-state index contributed by atoms with van der Waals surface area (Å²) in [6.07, 6.45) is 1.38. The van der Waals surface area contributed by atoms with E-state index in [-0.39, 0.29) is 5.91 Å². The Bertz CT molecular complexity index is 208. The molecular weight excluding hydrogens is 150 g/mol. The maximum atomic E-state index is 10.9. The summed E-state index contributed by atoms with van der Waals surface area (Å²) >= 11 is 0. The lowest BCUT2D eigenvalue weighted by Crippen LogP contribution is -2.17. The fourth-order valence-corrected chi connectivity index (χ4v) is 0.761. The largest absolute Gasteiger partial charge is 0.444 e. The van der Waals surface area contributed by atoms with E-state index in [1.165, 1.54) is 6.26 Å². The number of rotatable bonds is 0. The van der Waals surface area contributed by atoms with Gasteiger partial charge in [-0.25, -0.2) is 0 Å². The van der Waals surface area contributed by atoms with Crippen LogP contribution in [0.5, 0.6) is 0 Å². The van der Waals surface area contributed by atoms with E-state index in [2.05, 4.69) is 4.36 Å². The summed E-state index contributed by atoms with van der Waals surface area (Å²) in [4.78, 5) is 10.9. The minimum absolute atomic E-state index is 0.312. The lowest BCUT2D eigenvalue weighted by atomic mass is 9.96. The summed E-state index contributed by atoms with van der Waals surface area (Å²) in [7, 11) is -1.37. The first-order chi connectivity index (χ1) is 4.34. The first-order valence-corrected chi connectivity index (χ1v) is 4.45. The third kappa shape index (κ3) is 3.61. The molecular formula is C6H12NO2S-. The molecule has 0 saturated heterocycles. The van der Waals surface area contributed by atoms with Crippen molar-refractivity contribution < 1.29 is 9.00 Å². The van der Waals surface area contributed by atoms with Crippen LogP contribution in [-0.4, -0.2) is 12.2 Å². The van der Waals surface area contributed by atoms with Gasteiger partial charge in [0.2, 0.25) is 5.91 Å². The number of hydrogen-bond donors (Lipinski definition) is 0. The van der Waals surface area contributed by atoms with Gasteiger partial charge in [0, 0.05) is 5.41 Å². The molecule has 0 aromatic rings. The van der Waals surface area contributed by atoms with Crippen molar-refractivity contribution in [2.75, 3.05) is 6.26 Å². The normalized spacial score (nSPS) is 15.2. The highest BCUT2D eigenvalue weighted by Gasteiger charge is 2.17. The van der Waals surface area contributed by atoms with E-state index < -0.39 is 16.0 Å². The van der Waals surface area contributed by atoms with Gasteiger partial charge in [0.15, 0.2) is 0 Å². The van der Waals surface area contributed by atoms with Gasteiger partial charge in [0.05, 0.1) is 0 Å². The Labute approximate surface area is 63.0 Å². The molecule has 0 aromatic heterocycles. The van der Waals surface area contributed by atoms with Gasteiger partial charge in [-0.15, -0.1) is 6.26 Å². The number of hydrogen-bond acceptors (Lipinski definition) is 3. The zero-order valence-corrected chi connectivity index (χ0v) is 7.49. The zero-order valence-electron chi connectivity index (χ0n) is 6.67. The molecule has 0 spiro atoms. The monoisotopic (exact) mass is 162 g/mol. The van der Waals surface area contributed by atoms with Crippen molar-refractivity contribution in [1.82, 2.24) is 0 Å². The van der Waals surface area contributed by atoms with E-state index in [0.29, 0.717) is 0 Å². The van der Waals surface area contributed by atoms with E-state index in [1.54, 1.807) is 20.8 Å². The lowest BCUT2D eigenvalue weighted by molar-refractivity contribution is -0.124. The maximum absolute atomic E-state index is 10.9. The van der Waals surface area contributed by atoms with Crippen molar-refractivity contribution >= 4 is 16.5 Å². The lowest BCUT2D eigenvalue weighted by Gasteiger charge is -2.13. The fourth-order valence-electron chi connectivity index (χ4n) is 0.254. The molecule has 0 N–H and O–H groups in total. The minimum atomic E-state index is -1.37. The van der Waals surface area contributed by atoms with Crippen LogP contribution in [0.25, 0.3) is 0 Å². The van der Waals surface area contributed by atoms with Crippen LogP contribution >= 0.6 is 0 Å². The van der Waals surface area contributed by atoms with Crippen LogP contribution in [0.15, 0.2) is 4.36 Å². The quantitative estimate of drug-likeness (QED) is 0.504. The number of carbonyl (C=O) groups is 1. The highest BCUT2D eigenvalue weighted by Crippen LogP contribution is 2.14. The van der Waals surface area contributed by atoms with Crippen LogP contribution in [0, 0.1) is 5.41 Å². The van der Waals surface area contributed by atoms with Crippen molar-refractivity contribution in [3.05, 3.63) is 0 Å². The summed E-state index contributed by atoms with van der Waals surface area (Å²) in [6.45, 7) is 5.23. The van der Waals surface area contributed by atoms with Gasteiger partial charge in [-0.3, -0.25) is 4.79 Å². The number of amides is 1. The molecule has 60 valence electrons. The highest BCUT2D eigenvalue weighted by molar-refractivity contribution is 7.74. The minimum Gasteiger partial charge on any atom is -0.444 e.